The zero-order chi connectivity index (χ0) is 2.71. The zero-order valence-corrected chi connectivity index (χ0v) is 2.68. The summed E-state index contributed by atoms with van der Waals surface area (Å²) in [6.45, 7) is 0. The van der Waals surface area contributed by atoms with Crippen molar-refractivity contribution < 1.29 is 3.84 Å². The number of halogens is 2. The molecule has 1 nitrogen and oxygen atoms in total. The Balaban J connectivity index is -0.0000000200. The first-order chi connectivity index (χ1) is 1.41. The van der Waals surface area contributed by atoms with Gasteiger partial charge in [0.25, 0.3) is 0 Å². The predicted octanol–water partition coefficient (Wildman–Crippen LogP) is -0.254. The summed E-state index contributed by atoms with van der Waals surface area (Å²) < 4.78 is 3.19. The van der Waals surface area contributed by atoms with Gasteiger partial charge >= 0.3 is 89.1 Å². The van der Waals surface area contributed by atoms with Crippen LogP contribution >= 0.6 is 23.7 Å². The fourth-order valence-electron chi connectivity index (χ4n) is 0. The van der Waals surface area contributed by atoms with Gasteiger partial charge in [-0.3, -0.25) is 0 Å². The first-order valence-electron chi connectivity index (χ1n) is 0.309. The van der Waals surface area contributed by atoms with Crippen molar-refractivity contribution in [1.82, 2.24) is 0 Å². The Labute approximate surface area is 113 Å². The van der Waals surface area contributed by atoms with Gasteiger partial charge in [0, 0.05) is 0 Å². The first-order valence-corrected chi connectivity index (χ1v) is 0.926. The summed E-state index contributed by atoms with van der Waals surface area (Å²) in [6.07, 6.45) is 0. The molecule has 0 aromatic carbocycles. The number of hydrogen-bond acceptors (Lipinski definition) is 1. The van der Waals surface area contributed by atoms with Crippen LogP contribution in [0.2, 0.25) is 0 Å². The molecule has 0 spiro atoms. The minimum absolute atomic E-state index is 0. The van der Waals surface area contributed by atoms with Crippen LogP contribution in [0.15, 0.2) is 0 Å². The molecule has 5 heteroatoms. The maximum absolute atomic E-state index is 4.26. The average molecular weight is 169 g/mol. The van der Waals surface area contributed by atoms with Gasteiger partial charge in [0.05, 0.1) is 23.7 Å². The molecule has 0 aromatic rings. The summed E-state index contributed by atoms with van der Waals surface area (Å²) in [4.78, 5) is 0. The van der Waals surface area contributed by atoms with Crippen molar-refractivity contribution in [3.05, 3.63) is 0 Å². The van der Waals surface area contributed by atoms with Crippen molar-refractivity contribution in [2.24, 2.45) is 0 Å². The standard InChI is InChI=1S/Ca.Cl2O.K.3H/c;1-3-2;;;;. The molecule has 0 aliphatic rings. The van der Waals surface area contributed by atoms with E-state index in [-0.39, 0.29) is 89.1 Å². The maximum atomic E-state index is 4.26. The molecule has 0 rings (SSSR count). The number of hydrogen-bond donors (Lipinski definition) is 0. The zero-order valence-electron chi connectivity index (χ0n) is 1.16. The van der Waals surface area contributed by atoms with Crippen LogP contribution < -0.4 is 0 Å². The van der Waals surface area contributed by atoms with E-state index >= 15 is 0 Å². The topological polar surface area (TPSA) is 9.23 Å². The molecule has 0 aromatic heterocycles. The molecule has 0 amide bonds. The normalized spacial score (nSPS) is 3.60. The molecule has 0 N–H and O–H groups in total. The Morgan fingerprint density at radius 1 is 1.20 bits per heavy atom. The predicted molar refractivity (Wildman–Crippen MR) is 28.5 cm³/mol. The SMILES string of the molecule is ClOCl.[CaH2].[KH]. The van der Waals surface area contributed by atoms with E-state index in [2.05, 4.69) is 27.6 Å². The Kier molecular flexibility index (Phi) is 49.4. The van der Waals surface area contributed by atoms with Crippen molar-refractivity contribution in [2.45, 2.75) is 0 Å². The van der Waals surface area contributed by atoms with E-state index in [9.17, 15) is 0 Å². The fourth-order valence-corrected chi connectivity index (χ4v) is 0. The van der Waals surface area contributed by atoms with Crippen molar-refractivity contribution in [2.75, 3.05) is 0 Å². The van der Waals surface area contributed by atoms with Crippen LogP contribution in [0.1, 0.15) is 0 Å². The summed E-state index contributed by atoms with van der Waals surface area (Å²) in [5.41, 5.74) is 0. The second-order valence-corrected chi connectivity index (χ2v) is 0.525. The average Bonchev–Trinajstić information content (AvgIpc) is 0.918. The molecule has 5 heavy (non-hydrogen) atoms. The molecule has 0 aliphatic carbocycles. The van der Waals surface area contributed by atoms with E-state index in [1.165, 1.54) is 0 Å². The molecule has 0 saturated carbocycles. The van der Waals surface area contributed by atoms with Crippen LogP contribution in [0, 0.1) is 0 Å². The van der Waals surface area contributed by atoms with Crippen LogP contribution in [-0.2, 0) is 3.84 Å². The summed E-state index contributed by atoms with van der Waals surface area (Å²) in [7, 11) is 0. The fraction of sp³-hybridized carbons (Fsp3) is 0. The third kappa shape index (κ3) is 18.6. The third-order valence-corrected chi connectivity index (χ3v) is 0. The second-order valence-electron chi connectivity index (χ2n) is 0.0583. The van der Waals surface area contributed by atoms with E-state index in [1.54, 1.807) is 0 Å². The van der Waals surface area contributed by atoms with Crippen molar-refractivity contribution >= 4 is 113 Å². The molecule has 0 radical (unpaired) electrons. The Morgan fingerprint density at radius 3 is 1.20 bits per heavy atom. The summed E-state index contributed by atoms with van der Waals surface area (Å²) >= 11 is 8.53. The van der Waals surface area contributed by atoms with E-state index < -0.39 is 0 Å². The summed E-state index contributed by atoms with van der Waals surface area (Å²) in [5, 5.41) is 0. The van der Waals surface area contributed by atoms with Gasteiger partial charge in [0.15, 0.2) is 0 Å². The Bertz CT molecular complexity index is 9.61. The molecule has 0 fully saturated rings. The molecule has 0 heterocycles. The van der Waals surface area contributed by atoms with Gasteiger partial charge in [-0.15, -0.1) is 0 Å². The minimum atomic E-state index is 0. The van der Waals surface area contributed by atoms with Gasteiger partial charge in [0.1, 0.15) is 0 Å². The summed E-state index contributed by atoms with van der Waals surface area (Å²) in [6, 6.07) is 0. The first kappa shape index (κ1) is 15.8. The van der Waals surface area contributed by atoms with E-state index in [0.717, 1.165) is 0 Å². The van der Waals surface area contributed by atoms with E-state index in [1.807, 2.05) is 0 Å². The van der Waals surface area contributed by atoms with Gasteiger partial charge in [-0.05, 0) is 0 Å². The molecule has 0 unspecified atom stereocenters. The van der Waals surface area contributed by atoms with Crippen LogP contribution in [0.5, 0.6) is 0 Å². The van der Waals surface area contributed by atoms with Gasteiger partial charge in [-0.1, -0.05) is 0 Å². The van der Waals surface area contributed by atoms with Gasteiger partial charge in [-0.2, -0.15) is 3.84 Å². The second kappa shape index (κ2) is 15.7. The Hall–Kier alpha value is 3.44. The molecule has 0 bridgehead atoms. The molecule has 0 atom stereocenters. The van der Waals surface area contributed by atoms with Gasteiger partial charge in [0.2, 0.25) is 0 Å². The molecule has 26 valence electrons. The summed E-state index contributed by atoms with van der Waals surface area (Å²) in [5.74, 6) is 0. The molecular formula is H3CaCl2KO. The Morgan fingerprint density at radius 2 is 1.20 bits per heavy atom. The van der Waals surface area contributed by atoms with Gasteiger partial charge < -0.3 is 0 Å². The van der Waals surface area contributed by atoms with Crippen molar-refractivity contribution in [1.29, 1.82) is 0 Å². The number of rotatable bonds is 0. The van der Waals surface area contributed by atoms with Crippen LogP contribution in [-0.4, -0.2) is 89.1 Å². The van der Waals surface area contributed by atoms with Gasteiger partial charge in [-0.25, -0.2) is 0 Å². The van der Waals surface area contributed by atoms with E-state index in [0.29, 0.717) is 0 Å². The monoisotopic (exact) mass is 168 g/mol. The molecular weight excluding hydrogens is 166 g/mol. The van der Waals surface area contributed by atoms with Crippen molar-refractivity contribution in [3.8, 4) is 0 Å². The van der Waals surface area contributed by atoms with Crippen molar-refractivity contribution in [3.63, 3.8) is 0 Å². The van der Waals surface area contributed by atoms with E-state index in [4.69, 9.17) is 0 Å². The third-order valence-electron chi connectivity index (χ3n) is 0. The molecule has 0 saturated heterocycles. The quantitative estimate of drug-likeness (QED) is 0.454. The molecule has 0 aliphatic heterocycles. The van der Waals surface area contributed by atoms with Crippen LogP contribution in [0.4, 0.5) is 0 Å². The van der Waals surface area contributed by atoms with Crippen LogP contribution in [0.25, 0.3) is 0 Å². The van der Waals surface area contributed by atoms with Crippen LogP contribution in [0.3, 0.4) is 0 Å².